The minimum atomic E-state index is 0.727. The van der Waals surface area contributed by atoms with Crippen LogP contribution in [-0.4, -0.2) is 19.7 Å². The molecule has 6 heteroatoms. The smallest absolute Gasteiger partial charge is 0.182 e. The predicted molar refractivity (Wildman–Crippen MR) is 72.7 cm³/mol. The fraction of sp³-hybridized carbons (Fsp3) is 0.250. The van der Waals surface area contributed by atoms with Gasteiger partial charge in [-0.25, -0.2) is 9.97 Å². The maximum absolute atomic E-state index is 4.44. The molecule has 0 amide bonds. The number of nitrogens with zero attached hydrogens (tertiary/aromatic N) is 4. The van der Waals surface area contributed by atoms with E-state index in [-0.39, 0.29) is 0 Å². The first-order valence-electron chi connectivity index (χ1n) is 5.65. The highest BCUT2D eigenvalue weighted by atomic mass is 32.1. The van der Waals surface area contributed by atoms with Gasteiger partial charge in [0.15, 0.2) is 10.8 Å². The average Bonchev–Trinajstić information content (AvgIpc) is 2.97. The molecule has 3 aromatic rings. The molecule has 0 bridgehead atoms. The van der Waals surface area contributed by atoms with Crippen LogP contribution in [0.25, 0.3) is 11.0 Å². The Morgan fingerprint density at radius 2 is 2.28 bits per heavy atom. The third-order valence-electron chi connectivity index (χ3n) is 2.80. The van der Waals surface area contributed by atoms with Crippen LogP contribution in [0.5, 0.6) is 0 Å². The molecule has 0 aliphatic carbocycles. The van der Waals surface area contributed by atoms with Crippen molar-refractivity contribution in [2.24, 2.45) is 7.05 Å². The first-order valence-corrected chi connectivity index (χ1v) is 6.53. The van der Waals surface area contributed by atoms with Gasteiger partial charge < -0.3 is 5.32 Å². The molecule has 3 rings (SSSR count). The number of pyridine rings is 1. The maximum Gasteiger partial charge on any atom is 0.182 e. The van der Waals surface area contributed by atoms with Gasteiger partial charge in [-0.2, -0.15) is 5.10 Å². The Kier molecular flexibility index (Phi) is 2.71. The van der Waals surface area contributed by atoms with Crippen molar-refractivity contribution in [3.63, 3.8) is 0 Å². The second kappa shape index (κ2) is 4.38. The molecule has 1 N–H and O–H groups in total. The molecule has 0 fully saturated rings. The second-order valence-corrected chi connectivity index (χ2v) is 5.01. The Morgan fingerprint density at radius 3 is 3.06 bits per heavy atom. The molecule has 0 aromatic carbocycles. The fourth-order valence-corrected chi connectivity index (χ4v) is 2.46. The zero-order valence-electron chi connectivity index (χ0n) is 10.2. The van der Waals surface area contributed by atoms with E-state index in [1.165, 1.54) is 0 Å². The van der Waals surface area contributed by atoms with Crippen molar-refractivity contribution in [1.82, 2.24) is 19.7 Å². The molecular weight excluding hydrogens is 246 g/mol. The number of thiazole rings is 1. The molecular formula is C12H13N5S. The lowest BCUT2D eigenvalue weighted by atomic mass is 10.2. The van der Waals surface area contributed by atoms with Gasteiger partial charge in [-0.15, -0.1) is 11.3 Å². The van der Waals surface area contributed by atoms with Crippen LogP contribution in [0.15, 0.2) is 23.8 Å². The molecule has 92 valence electrons. The number of aromatic nitrogens is 4. The molecule has 0 saturated heterocycles. The number of rotatable bonds is 3. The van der Waals surface area contributed by atoms with Crippen LogP contribution in [0.3, 0.4) is 0 Å². The quantitative estimate of drug-likeness (QED) is 0.784. The molecule has 0 spiro atoms. The summed E-state index contributed by atoms with van der Waals surface area (Å²) < 4.78 is 1.81. The predicted octanol–water partition coefficient (Wildman–Crippen LogP) is 2.35. The Labute approximate surface area is 109 Å². The van der Waals surface area contributed by atoms with Crippen LogP contribution in [0.4, 0.5) is 5.13 Å². The summed E-state index contributed by atoms with van der Waals surface area (Å²) in [4.78, 5) is 8.63. The van der Waals surface area contributed by atoms with Crippen molar-refractivity contribution in [1.29, 1.82) is 0 Å². The van der Waals surface area contributed by atoms with E-state index in [4.69, 9.17) is 0 Å². The molecule has 3 aromatic heterocycles. The Morgan fingerprint density at radius 1 is 1.39 bits per heavy atom. The van der Waals surface area contributed by atoms with Crippen LogP contribution in [-0.2, 0) is 13.6 Å². The number of hydrogen-bond donors (Lipinski definition) is 1. The van der Waals surface area contributed by atoms with Crippen molar-refractivity contribution in [2.45, 2.75) is 13.5 Å². The minimum absolute atomic E-state index is 0.727. The van der Waals surface area contributed by atoms with Gasteiger partial charge in [0.1, 0.15) is 0 Å². The van der Waals surface area contributed by atoms with E-state index in [2.05, 4.69) is 26.4 Å². The van der Waals surface area contributed by atoms with Crippen molar-refractivity contribution < 1.29 is 0 Å². The normalized spacial score (nSPS) is 11.0. The van der Waals surface area contributed by atoms with Gasteiger partial charge in [-0.1, -0.05) is 0 Å². The summed E-state index contributed by atoms with van der Waals surface area (Å²) >= 11 is 1.59. The molecule has 0 aliphatic rings. The Balaban J connectivity index is 1.87. The van der Waals surface area contributed by atoms with Crippen molar-refractivity contribution in [3.05, 3.63) is 35.1 Å². The molecule has 5 nitrogen and oxygen atoms in total. The first kappa shape index (κ1) is 11.2. The van der Waals surface area contributed by atoms with Crippen molar-refractivity contribution in [2.75, 3.05) is 5.32 Å². The number of aryl methyl sites for hydroxylation is 2. The summed E-state index contributed by atoms with van der Waals surface area (Å²) in [5.41, 5.74) is 3.07. The van der Waals surface area contributed by atoms with Crippen molar-refractivity contribution >= 4 is 27.5 Å². The van der Waals surface area contributed by atoms with Crippen LogP contribution < -0.4 is 5.32 Å². The minimum Gasteiger partial charge on any atom is -0.357 e. The van der Waals surface area contributed by atoms with Crippen molar-refractivity contribution in [3.8, 4) is 0 Å². The molecule has 0 atom stereocenters. The van der Waals surface area contributed by atoms with Crippen LogP contribution >= 0.6 is 11.3 Å². The third kappa shape index (κ3) is 1.95. The molecule has 0 saturated carbocycles. The zero-order valence-corrected chi connectivity index (χ0v) is 11.0. The van der Waals surface area contributed by atoms with E-state index in [9.17, 15) is 0 Å². The van der Waals surface area contributed by atoms with Gasteiger partial charge in [0.25, 0.3) is 0 Å². The van der Waals surface area contributed by atoms with Crippen LogP contribution in [0, 0.1) is 6.92 Å². The van der Waals surface area contributed by atoms with Gasteiger partial charge in [0, 0.05) is 36.8 Å². The third-order valence-corrected chi connectivity index (χ3v) is 3.53. The molecule has 3 heterocycles. The lowest BCUT2D eigenvalue weighted by molar-refractivity contribution is 0.773. The Bertz CT molecular complexity index is 671. The van der Waals surface area contributed by atoms with E-state index in [0.29, 0.717) is 0 Å². The summed E-state index contributed by atoms with van der Waals surface area (Å²) in [5, 5.41) is 11.6. The molecule has 0 aliphatic heterocycles. The highest BCUT2D eigenvalue weighted by molar-refractivity contribution is 7.13. The largest absolute Gasteiger partial charge is 0.357 e. The Hall–Kier alpha value is -1.95. The standard InChI is InChI=1S/C12H13N5S/c1-8-10-5-9(6-14-11(10)17(2)16-8)7-15-12-13-3-4-18-12/h3-6H,7H2,1-2H3,(H,13,15). The van der Waals surface area contributed by atoms with Gasteiger partial charge in [0.05, 0.1) is 5.69 Å². The summed E-state index contributed by atoms with van der Waals surface area (Å²) in [6, 6.07) is 2.13. The summed E-state index contributed by atoms with van der Waals surface area (Å²) in [5.74, 6) is 0. The number of anilines is 1. The zero-order chi connectivity index (χ0) is 12.5. The van der Waals surface area contributed by atoms with E-state index in [0.717, 1.165) is 34.0 Å². The van der Waals surface area contributed by atoms with Crippen LogP contribution in [0.2, 0.25) is 0 Å². The van der Waals surface area contributed by atoms with Gasteiger partial charge in [0.2, 0.25) is 0 Å². The first-order chi connectivity index (χ1) is 8.74. The molecule has 0 unspecified atom stereocenters. The van der Waals surface area contributed by atoms with Crippen LogP contribution in [0.1, 0.15) is 11.3 Å². The topological polar surface area (TPSA) is 55.6 Å². The molecule has 18 heavy (non-hydrogen) atoms. The summed E-state index contributed by atoms with van der Waals surface area (Å²) in [7, 11) is 1.91. The highest BCUT2D eigenvalue weighted by Crippen LogP contribution is 2.18. The monoisotopic (exact) mass is 259 g/mol. The number of hydrogen-bond acceptors (Lipinski definition) is 5. The summed E-state index contributed by atoms with van der Waals surface area (Å²) in [6.45, 7) is 2.73. The number of nitrogens with one attached hydrogen (secondary N) is 1. The SMILES string of the molecule is Cc1nn(C)c2ncc(CNc3nccs3)cc12. The second-order valence-electron chi connectivity index (χ2n) is 4.11. The van der Waals surface area contributed by atoms with Gasteiger partial charge in [-0.05, 0) is 18.6 Å². The fourth-order valence-electron chi connectivity index (χ4n) is 1.94. The number of fused-ring (bicyclic) bond motifs is 1. The molecule has 0 radical (unpaired) electrons. The van der Waals surface area contributed by atoms with E-state index >= 15 is 0 Å². The lowest BCUT2D eigenvalue weighted by Crippen LogP contribution is -2.00. The van der Waals surface area contributed by atoms with Gasteiger partial charge in [-0.3, -0.25) is 4.68 Å². The maximum atomic E-state index is 4.44. The summed E-state index contributed by atoms with van der Waals surface area (Å²) in [6.07, 6.45) is 3.67. The lowest BCUT2D eigenvalue weighted by Gasteiger charge is -2.03. The van der Waals surface area contributed by atoms with E-state index < -0.39 is 0 Å². The van der Waals surface area contributed by atoms with E-state index in [1.54, 1.807) is 17.5 Å². The average molecular weight is 259 g/mol. The van der Waals surface area contributed by atoms with Gasteiger partial charge >= 0.3 is 0 Å². The van der Waals surface area contributed by atoms with E-state index in [1.807, 2.05) is 30.2 Å². The highest BCUT2D eigenvalue weighted by Gasteiger charge is 2.07.